The number of ether oxygens (including phenoxy) is 1. The quantitative estimate of drug-likeness (QED) is 0.375. The highest BCUT2D eigenvalue weighted by Gasteiger charge is 2.12. The van der Waals surface area contributed by atoms with Gasteiger partial charge in [-0.3, -0.25) is 9.00 Å². The maximum absolute atomic E-state index is 12.2. The maximum atomic E-state index is 12.2. The molecule has 0 fully saturated rings. The average Bonchev–Trinajstić information content (AvgIpc) is 2.79. The van der Waals surface area contributed by atoms with Crippen molar-refractivity contribution in [1.29, 1.82) is 0 Å². The van der Waals surface area contributed by atoms with Crippen LogP contribution in [-0.4, -0.2) is 64.0 Å². The van der Waals surface area contributed by atoms with Gasteiger partial charge in [0.1, 0.15) is 0 Å². The van der Waals surface area contributed by atoms with Gasteiger partial charge in [0.05, 0.1) is 40.9 Å². The number of hydrogen-bond donors (Lipinski definition) is 3. The van der Waals surface area contributed by atoms with E-state index in [2.05, 4.69) is 30.9 Å². The highest BCUT2D eigenvalue weighted by molar-refractivity contribution is 7.84. The lowest BCUT2D eigenvalue weighted by Gasteiger charge is -2.13. The first-order valence-corrected chi connectivity index (χ1v) is 11.9. The van der Waals surface area contributed by atoms with Crippen molar-refractivity contribution in [3.8, 4) is 5.88 Å². The van der Waals surface area contributed by atoms with E-state index in [1.165, 1.54) is 12.3 Å². The van der Waals surface area contributed by atoms with Crippen LogP contribution < -0.4 is 20.7 Å². The summed E-state index contributed by atoms with van der Waals surface area (Å²) in [5.41, 5.74) is 1.95. The molecule has 0 saturated carbocycles. The number of rotatable bonds is 10. The van der Waals surface area contributed by atoms with E-state index in [0.29, 0.717) is 46.1 Å². The van der Waals surface area contributed by atoms with Crippen LogP contribution in [0.15, 0.2) is 65.8 Å². The number of pyridine rings is 1. The molecule has 0 aliphatic heterocycles. The van der Waals surface area contributed by atoms with Crippen molar-refractivity contribution in [2.24, 2.45) is 0 Å². The highest BCUT2D eigenvalue weighted by atomic mass is 32.2. The molecule has 1 amide bonds. The predicted octanol–water partition coefficient (Wildman–Crippen LogP) is 3.16. The molecule has 178 valence electrons. The van der Waals surface area contributed by atoms with Crippen LogP contribution in [0.4, 0.5) is 28.8 Å². The van der Waals surface area contributed by atoms with Crippen LogP contribution in [0.1, 0.15) is 0 Å². The summed E-state index contributed by atoms with van der Waals surface area (Å²) in [6, 6.07) is 10.7. The Balaban J connectivity index is 1.77. The number of likely N-dealkylation sites (N-methyl/N-ethyl adjacent to an activating group) is 1. The molecule has 3 rings (SSSR count). The second-order valence-corrected chi connectivity index (χ2v) is 8.78. The van der Waals surface area contributed by atoms with Gasteiger partial charge in [-0.25, -0.2) is 9.97 Å². The van der Waals surface area contributed by atoms with Crippen molar-refractivity contribution in [2.75, 3.05) is 50.0 Å². The average molecular weight is 482 g/mol. The third-order valence-corrected chi connectivity index (χ3v) is 5.32. The standard InChI is InChI=1S/C23H27N7O3S/c1-30(2)12-6-9-20(31)26-16-7-5-8-17(13-16)27-22-19(34(4)32)15-25-23(29-22)28-18-10-11-21(33-3)24-14-18/h5-11,13-15H,12H2,1-4H3,(H,26,31)(H2,25,27,28,29). The molecule has 34 heavy (non-hydrogen) atoms. The number of carbonyl (C=O) groups excluding carboxylic acids is 1. The molecule has 3 N–H and O–H groups in total. The Bertz CT molecular complexity index is 1180. The van der Waals surface area contributed by atoms with Gasteiger partial charge in [0.25, 0.3) is 0 Å². The third-order valence-electron chi connectivity index (χ3n) is 4.40. The van der Waals surface area contributed by atoms with E-state index in [9.17, 15) is 9.00 Å². The minimum atomic E-state index is -1.32. The molecular formula is C23H27N7O3S. The molecular weight excluding hydrogens is 454 g/mol. The van der Waals surface area contributed by atoms with Crippen LogP contribution >= 0.6 is 0 Å². The van der Waals surface area contributed by atoms with Crippen molar-refractivity contribution in [2.45, 2.75) is 4.90 Å². The summed E-state index contributed by atoms with van der Waals surface area (Å²) in [6.45, 7) is 0.669. The molecule has 1 atom stereocenters. The Labute approximate surface area is 200 Å². The molecule has 0 aliphatic carbocycles. The van der Waals surface area contributed by atoms with Crippen molar-refractivity contribution < 1.29 is 13.7 Å². The molecule has 0 aliphatic rings. The first kappa shape index (κ1) is 24.8. The van der Waals surface area contributed by atoms with Gasteiger partial charge < -0.3 is 25.6 Å². The molecule has 3 aromatic rings. The van der Waals surface area contributed by atoms with Crippen LogP contribution in [0.5, 0.6) is 5.88 Å². The second kappa shape index (κ2) is 11.9. The lowest BCUT2D eigenvalue weighted by molar-refractivity contribution is -0.111. The number of amides is 1. The fourth-order valence-electron chi connectivity index (χ4n) is 2.80. The molecule has 0 saturated heterocycles. The first-order valence-electron chi connectivity index (χ1n) is 10.3. The SMILES string of the molecule is COc1ccc(Nc2ncc(S(C)=O)c(Nc3cccc(NC(=O)C=CCN(C)C)c3)n2)cn1. The Morgan fingerprint density at radius 2 is 1.88 bits per heavy atom. The van der Waals surface area contributed by atoms with Gasteiger partial charge in [0.15, 0.2) is 5.82 Å². The van der Waals surface area contributed by atoms with Gasteiger partial charge in [0.2, 0.25) is 17.7 Å². The van der Waals surface area contributed by atoms with Gasteiger partial charge in [0, 0.05) is 36.3 Å². The number of nitrogens with one attached hydrogen (secondary N) is 3. The number of benzene rings is 1. The van der Waals surface area contributed by atoms with E-state index in [-0.39, 0.29) is 5.91 Å². The Kier molecular flexibility index (Phi) is 8.66. The summed E-state index contributed by atoms with van der Waals surface area (Å²) in [6.07, 6.45) is 7.94. The zero-order valence-corrected chi connectivity index (χ0v) is 20.2. The van der Waals surface area contributed by atoms with Crippen LogP contribution in [0.3, 0.4) is 0 Å². The van der Waals surface area contributed by atoms with Crippen molar-refractivity contribution in [3.63, 3.8) is 0 Å². The Morgan fingerprint density at radius 1 is 1.09 bits per heavy atom. The Hall–Kier alpha value is -3.83. The third kappa shape index (κ3) is 7.36. The van der Waals surface area contributed by atoms with E-state index in [1.807, 2.05) is 25.1 Å². The van der Waals surface area contributed by atoms with Crippen LogP contribution in [0.2, 0.25) is 0 Å². The minimum Gasteiger partial charge on any atom is -0.481 e. The van der Waals surface area contributed by atoms with Crippen LogP contribution in [0, 0.1) is 0 Å². The van der Waals surface area contributed by atoms with E-state index in [1.54, 1.807) is 56.0 Å². The second-order valence-electron chi connectivity index (χ2n) is 7.43. The fraction of sp³-hybridized carbons (Fsp3) is 0.217. The van der Waals surface area contributed by atoms with Gasteiger partial charge in [-0.2, -0.15) is 4.98 Å². The van der Waals surface area contributed by atoms with Gasteiger partial charge in [-0.1, -0.05) is 12.1 Å². The van der Waals surface area contributed by atoms with Crippen molar-refractivity contribution in [3.05, 3.63) is 60.9 Å². The van der Waals surface area contributed by atoms with E-state index in [4.69, 9.17) is 4.74 Å². The summed E-state index contributed by atoms with van der Waals surface area (Å²) in [7, 11) is 4.08. The number of aromatic nitrogens is 3. The van der Waals surface area contributed by atoms with Gasteiger partial charge in [-0.05, 0) is 38.4 Å². The lowest BCUT2D eigenvalue weighted by atomic mass is 10.2. The maximum Gasteiger partial charge on any atom is 0.248 e. The molecule has 1 aromatic carbocycles. The summed E-state index contributed by atoms with van der Waals surface area (Å²) < 4.78 is 17.3. The zero-order valence-electron chi connectivity index (χ0n) is 19.4. The number of hydrogen-bond acceptors (Lipinski definition) is 9. The smallest absolute Gasteiger partial charge is 0.248 e. The number of nitrogens with zero attached hydrogens (tertiary/aromatic N) is 4. The highest BCUT2D eigenvalue weighted by Crippen LogP contribution is 2.25. The summed E-state index contributed by atoms with van der Waals surface area (Å²) in [5, 5.41) is 9.07. The number of methoxy groups -OCH3 is 1. The number of anilines is 5. The molecule has 0 bridgehead atoms. The van der Waals surface area contributed by atoms with Crippen LogP contribution in [-0.2, 0) is 15.6 Å². The summed E-state index contributed by atoms with van der Waals surface area (Å²) in [5.74, 6) is 0.954. The van der Waals surface area contributed by atoms with E-state index in [0.717, 1.165) is 0 Å². The molecule has 1 unspecified atom stereocenters. The monoisotopic (exact) mass is 481 g/mol. The van der Waals surface area contributed by atoms with Crippen molar-refractivity contribution in [1.82, 2.24) is 19.9 Å². The van der Waals surface area contributed by atoms with Crippen LogP contribution in [0.25, 0.3) is 0 Å². The molecule has 0 spiro atoms. The molecule has 10 nitrogen and oxygen atoms in total. The van der Waals surface area contributed by atoms with E-state index >= 15 is 0 Å². The minimum absolute atomic E-state index is 0.226. The largest absolute Gasteiger partial charge is 0.481 e. The van der Waals surface area contributed by atoms with Gasteiger partial charge in [-0.15, -0.1) is 0 Å². The predicted molar refractivity (Wildman–Crippen MR) is 134 cm³/mol. The van der Waals surface area contributed by atoms with Gasteiger partial charge >= 0.3 is 0 Å². The first-order chi connectivity index (χ1) is 16.3. The normalized spacial score (nSPS) is 11.9. The topological polar surface area (TPSA) is 121 Å². The zero-order chi connectivity index (χ0) is 24.5. The van der Waals surface area contributed by atoms with E-state index < -0.39 is 10.8 Å². The molecule has 11 heteroatoms. The Morgan fingerprint density at radius 3 is 2.56 bits per heavy atom. The fourth-order valence-corrected chi connectivity index (χ4v) is 3.37. The molecule has 0 radical (unpaired) electrons. The summed E-state index contributed by atoms with van der Waals surface area (Å²) in [4.78, 5) is 27.4. The lowest BCUT2D eigenvalue weighted by Crippen LogP contribution is -2.13. The molecule has 2 aromatic heterocycles. The van der Waals surface area contributed by atoms with Crippen molar-refractivity contribution >= 4 is 45.5 Å². The molecule has 2 heterocycles. The summed E-state index contributed by atoms with van der Waals surface area (Å²) >= 11 is 0. The number of carbonyl (C=O) groups is 1.